The van der Waals surface area contributed by atoms with Gasteiger partial charge in [-0.25, -0.2) is 0 Å². The molecule has 0 spiro atoms. The van der Waals surface area contributed by atoms with Crippen LogP contribution in [0.1, 0.15) is 105 Å². The third-order valence-electron chi connectivity index (χ3n) is 10.1. The summed E-state index contributed by atoms with van der Waals surface area (Å²) in [6.45, 7) is 11.3. The third-order valence-corrected chi connectivity index (χ3v) is 10.1. The number of ether oxygens (including phenoxy) is 1. The van der Waals surface area contributed by atoms with Gasteiger partial charge in [-0.05, 0) is 91.4 Å². The first-order valence-corrected chi connectivity index (χ1v) is 13.2. The van der Waals surface area contributed by atoms with E-state index in [-0.39, 0.29) is 12.1 Å². The fraction of sp³-hybridized carbons (Fsp3) is 0.893. The molecule has 0 unspecified atom stereocenters. The summed E-state index contributed by atoms with van der Waals surface area (Å²) in [4.78, 5) is 11.4. The average molecular weight is 431 g/mol. The van der Waals surface area contributed by atoms with Gasteiger partial charge in [-0.1, -0.05) is 53.0 Å². The SMILES string of the molecule is CC(=O)O[C@H]1CC[C@@]2(O)C(=CC[C@H]3[C@@H]4CC[C@H]([C@H](C)CCCC(C)C)[C@@]4(C)CC[C@@H]32)C1. The highest BCUT2D eigenvalue weighted by Crippen LogP contribution is 2.65. The van der Waals surface area contributed by atoms with Crippen LogP contribution in [0, 0.1) is 40.9 Å². The summed E-state index contributed by atoms with van der Waals surface area (Å²) in [6, 6.07) is 0. The fourth-order valence-corrected chi connectivity index (χ4v) is 8.60. The van der Waals surface area contributed by atoms with Crippen molar-refractivity contribution in [1.82, 2.24) is 0 Å². The van der Waals surface area contributed by atoms with E-state index in [4.69, 9.17) is 4.74 Å². The topological polar surface area (TPSA) is 46.5 Å². The molecule has 0 aromatic carbocycles. The second-order valence-corrected chi connectivity index (χ2v) is 12.3. The van der Waals surface area contributed by atoms with Crippen molar-refractivity contribution in [1.29, 1.82) is 0 Å². The molecule has 0 aromatic heterocycles. The van der Waals surface area contributed by atoms with Crippen molar-refractivity contribution in [3.05, 3.63) is 11.6 Å². The van der Waals surface area contributed by atoms with Crippen LogP contribution >= 0.6 is 0 Å². The van der Waals surface area contributed by atoms with Gasteiger partial charge in [0.05, 0.1) is 5.60 Å². The molecule has 3 nitrogen and oxygen atoms in total. The van der Waals surface area contributed by atoms with Gasteiger partial charge < -0.3 is 9.84 Å². The van der Waals surface area contributed by atoms with Gasteiger partial charge in [0, 0.05) is 13.3 Å². The van der Waals surface area contributed by atoms with E-state index in [0.29, 0.717) is 17.3 Å². The first kappa shape index (κ1) is 23.3. The quantitative estimate of drug-likeness (QED) is 0.377. The van der Waals surface area contributed by atoms with Crippen LogP contribution in [0.15, 0.2) is 11.6 Å². The smallest absolute Gasteiger partial charge is 0.302 e. The Hall–Kier alpha value is -0.830. The first-order chi connectivity index (χ1) is 14.6. The maximum atomic E-state index is 11.9. The number of fused-ring (bicyclic) bond motifs is 5. The van der Waals surface area contributed by atoms with Gasteiger partial charge in [0.15, 0.2) is 0 Å². The molecule has 0 aromatic rings. The summed E-state index contributed by atoms with van der Waals surface area (Å²) in [5.74, 6) is 4.08. The summed E-state index contributed by atoms with van der Waals surface area (Å²) in [5.41, 5.74) is 0.975. The Balaban J connectivity index is 1.47. The van der Waals surface area contributed by atoms with E-state index in [1.807, 2.05) is 0 Å². The summed E-state index contributed by atoms with van der Waals surface area (Å²) < 4.78 is 5.50. The van der Waals surface area contributed by atoms with Gasteiger partial charge in [-0.15, -0.1) is 0 Å². The zero-order chi connectivity index (χ0) is 22.4. The van der Waals surface area contributed by atoms with Gasteiger partial charge in [0.1, 0.15) is 6.10 Å². The fourth-order valence-electron chi connectivity index (χ4n) is 8.60. The van der Waals surface area contributed by atoms with Gasteiger partial charge in [-0.3, -0.25) is 4.79 Å². The Morgan fingerprint density at radius 1 is 1.13 bits per heavy atom. The largest absolute Gasteiger partial charge is 0.462 e. The molecule has 31 heavy (non-hydrogen) atoms. The predicted molar refractivity (Wildman–Crippen MR) is 125 cm³/mol. The Bertz CT molecular complexity index is 696. The number of esters is 1. The minimum Gasteiger partial charge on any atom is -0.462 e. The van der Waals surface area contributed by atoms with Crippen LogP contribution < -0.4 is 0 Å². The molecular weight excluding hydrogens is 384 g/mol. The minimum absolute atomic E-state index is 0.0445. The normalized spacial score (nSPS) is 42.9. The zero-order valence-corrected chi connectivity index (χ0v) is 20.7. The Kier molecular flexibility index (Phi) is 6.65. The number of aliphatic hydroxyl groups is 1. The maximum Gasteiger partial charge on any atom is 0.302 e. The first-order valence-electron chi connectivity index (χ1n) is 13.2. The van der Waals surface area contributed by atoms with E-state index in [9.17, 15) is 9.90 Å². The van der Waals surface area contributed by atoms with Crippen LogP contribution in [0.3, 0.4) is 0 Å². The van der Waals surface area contributed by atoms with Crippen molar-refractivity contribution in [2.24, 2.45) is 40.9 Å². The van der Waals surface area contributed by atoms with Crippen LogP contribution in [-0.4, -0.2) is 22.8 Å². The van der Waals surface area contributed by atoms with E-state index in [0.717, 1.165) is 49.4 Å². The molecule has 4 rings (SSSR count). The molecule has 8 atom stereocenters. The molecule has 0 bridgehead atoms. The molecular formula is C28H46O3. The van der Waals surface area contributed by atoms with Crippen LogP contribution in [-0.2, 0) is 9.53 Å². The second-order valence-electron chi connectivity index (χ2n) is 12.3. The molecule has 0 amide bonds. The summed E-state index contributed by atoms with van der Waals surface area (Å²) in [6.07, 6.45) is 15.0. The maximum absolute atomic E-state index is 11.9. The Labute approximate surface area is 190 Å². The lowest BCUT2D eigenvalue weighted by molar-refractivity contribution is -0.152. The molecule has 0 aliphatic heterocycles. The number of hydrogen-bond donors (Lipinski definition) is 1. The Morgan fingerprint density at radius 3 is 2.61 bits per heavy atom. The van der Waals surface area contributed by atoms with Gasteiger partial charge in [0.2, 0.25) is 0 Å². The highest BCUT2D eigenvalue weighted by molar-refractivity contribution is 5.66. The Morgan fingerprint density at radius 2 is 1.90 bits per heavy atom. The van der Waals surface area contributed by atoms with E-state index < -0.39 is 5.60 Å². The molecule has 0 heterocycles. The number of hydrogen-bond acceptors (Lipinski definition) is 3. The molecule has 176 valence electrons. The molecule has 3 fully saturated rings. The minimum atomic E-state index is -0.651. The summed E-state index contributed by atoms with van der Waals surface area (Å²) in [7, 11) is 0. The van der Waals surface area contributed by atoms with E-state index >= 15 is 0 Å². The zero-order valence-electron chi connectivity index (χ0n) is 20.7. The number of allylic oxidation sites excluding steroid dienone is 1. The lowest BCUT2D eigenvalue weighted by Crippen LogP contribution is -2.55. The van der Waals surface area contributed by atoms with Crippen LogP contribution in [0.4, 0.5) is 0 Å². The summed E-state index contributed by atoms with van der Waals surface area (Å²) in [5, 5.41) is 11.9. The number of carbonyl (C=O) groups excluding carboxylic acids is 1. The molecule has 4 aliphatic carbocycles. The van der Waals surface area contributed by atoms with E-state index in [1.54, 1.807) is 0 Å². The van der Waals surface area contributed by atoms with Crippen LogP contribution in [0.5, 0.6) is 0 Å². The lowest BCUT2D eigenvalue weighted by atomic mass is 9.49. The second kappa shape index (κ2) is 8.84. The molecule has 1 N–H and O–H groups in total. The van der Waals surface area contributed by atoms with Crippen molar-refractivity contribution in [2.75, 3.05) is 0 Å². The van der Waals surface area contributed by atoms with Crippen LogP contribution in [0.25, 0.3) is 0 Å². The lowest BCUT2D eigenvalue weighted by Gasteiger charge is -2.57. The van der Waals surface area contributed by atoms with Gasteiger partial charge in [-0.2, -0.15) is 0 Å². The highest BCUT2D eigenvalue weighted by Gasteiger charge is 2.60. The van der Waals surface area contributed by atoms with Crippen molar-refractivity contribution in [3.63, 3.8) is 0 Å². The molecule has 3 saturated carbocycles. The highest BCUT2D eigenvalue weighted by atomic mass is 16.5. The standard InChI is InChI=1S/C28H46O3/c1-18(2)7-6-8-19(3)24-11-12-25-23-10-9-21-17-22(31-20(4)29)13-16-28(21,30)26(23)14-15-27(24,25)5/h9,18-19,22-26,30H,6-8,10-17H2,1-5H3/t19-,22+,23+,24-,25+,26+,27-,28-/m1/s1. The number of carbonyl (C=O) groups is 1. The molecule has 3 heteroatoms. The molecule has 0 radical (unpaired) electrons. The van der Waals surface area contributed by atoms with Gasteiger partial charge in [0.25, 0.3) is 0 Å². The average Bonchev–Trinajstić information content (AvgIpc) is 3.05. The molecule has 0 saturated heterocycles. The summed E-state index contributed by atoms with van der Waals surface area (Å²) >= 11 is 0. The third kappa shape index (κ3) is 4.25. The van der Waals surface area contributed by atoms with Gasteiger partial charge >= 0.3 is 5.97 Å². The van der Waals surface area contributed by atoms with Crippen molar-refractivity contribution in [3.8, 4) is 0 Å². The van der Waals surface area contributed by atoms with E-state index in [2.05, 4.69) is 33.8 Å². The monoisotopic (exact) mass is 430 g/mol. The molecule has 4 aliphatic rings. The predicted octanol–water partition coefficient (Wildman–Crippen LogP) is 6.68. The van der Waals surface area contributed by atoms with Crippen molar-refractivity contribution < 1.29 is 14.6 Å². The van der Waals surface area contributed by atoms with Crippen molar-refractivity contribution in [2.45, 2.75) is 117 Å². The van der Waals surface area contributed by atoms with Crippen molar-refractivity contribution >= 4 is 5.97 Å². The number of rotatable bonds is 6. The van der Waals surface area contributed by atoms with E-state index in [1.165, 1.54) is 57.4 Å². The van der Waals surface area contributed by atoms with Crippen LogP contribution in [0.2, 0.25) is 0 Å².